The summed E-state index contributed by atoms with van der Waals surface area (Å²) in [7, 11) is 0. The van der Waals surface area contributed by atoms with Crippen molar-refractivity contribution >= 4 is 34.0 Å². The third kappa shape index (κ3) is 4.59. The number of nitro benzene ring substituents is 1. The minimum absolute atomic E-state index is 0.00232. The average Bonchev–Trinajstić information content (AvgIpc) is 2.80. The van der Waals surface area contributed by atoms with E-state index in [1.165, 1.54) is 12.1 Å². The molecular formula is C22H20ClN5O3. The summed E-state index contributed by atoms with van der Waals surface area (Å²) >= 11 is 6.49. The molecule has 1 N–H and O–H groups in total. The highest BCUT2D eigenvalue weighted by Gasteiger charge is 2.24. The van der Waals surface area contributed by atoms with E-state index in [0.717, 1.165) is 18.7 Å². The van der Waals surface area contributed by atoms with Crippen LogP contribution >= 0.6 is 11.6 Å². The van der Waals surface area contributed by atoms with Crippen molar-refractivity contribution in [1.82, 2.24) is 9.88 Å². The monoisotopic (exact) mass is 437 g/mol. The lowest BCUT2D eigenvalue weighted by molar-refractivity contribution is -0.384. The maximum atomic E-state index is 11.1. The van der Waals surface area contributed by atoms with Gasteiger partial charge in [-0.1, -0.05) is 29.8 Å². The molecule has 158 valence electrons. The number of fused-ring (bicyclic) bond motifs is 1. The number of nitro groups is 1. The van der Waals surface area contributed by atoms with Gasteiger partial charge in [-0.25, -0.2) is 4.98 Å². The first-order valence-electron chi connectivity index (χ1n) is 9.86. The summed E-state index contributed by atoms with van der Waals surface area (Å²) in [5, 5.41) is 25.1. The van der Waals surface area contributed by atoms with Gasteiger partial charge in [-0.2, -0.15) is 5.26 Å². The van der Waals surface area contributed by atoms with E-state index in [1.54, 1.807) is 12.1 Å². The molecule has 0 radical (unpaired) electrons. The third-order valence-corrected chi connectivity index (χ3v) is 5.69. The summed E-state index contributed by atoms with van der Waals surface area (Å²) in [5.41, 5.74) is 1.79. The molecule has 1 unspecified atom stereocenters. The Kier molecular flexibility index (Phi) is 6.28. The number of pyridine rings is 1. The van der Waals surface area contributed by atoms with Crippen LogP contribution in [0.15, 0.2) is 48.5 Å². The Balaban J connectivity index is 1.63. The number of hydrogen-bond acceptors (Lipinski definition) is 7. The molecular weight excluding hydrogens is 418 g/mol. The van der Waals surface area contributed by atoms with Crippen molar-refractivity contribution in [2.75, 3.05) is 38.2 Å². The number of morpholine rings is 1. The molecule has 0 bridgehead atoms. The van der Waals surface area contributed by atoms with Crippen LogP contribution < -0.4 is 5.32 Å². The second-order valence-electron chi connectivity index (χ2n) is 7.19. The molecule has 4 rings (SSSR count). The van der Waals surface area contributed by atoms with Gasteiger partial charge in [0.05, 0.1) is 41.3 Å². The van der Waals surface area contributed by atoms with E-state index in [2.05, 4.69) is 21.3 Å². The van der Waals surface area contributed by atoms with E-state index < -0.39 is 4.92 Å². The normalized spacial score (nSPS) is 15.4. The lowest BCUT2D eigenvalue weighted by atomic mass is 10.0. The molecule has 31 heavy (non-hydrogen) atoms. The fourth-order valence-electron chi connectivity index (χ4n) is 3.78. The molecule has 0 saturated carbocycles. The number of non-ortho nitro benzene ring substituents is 1. The molecule has 8 nitrogen and oxygen atoms in total. The Labute approximate surface area is 184 Å². The van der Waals surface area contributed by atoms with Crippen LogP contribution in [0, 0.1) is 21.4 Å². The van der Waals surface area contributed by atoms with Crippen molar-refractivity contribution in [2.24, 2.45) is 0 Å². The van der Waals surface area contributed by atoms with Crippen LogP contribution in [0.1, 0.15) is 17.2 Å². The Morgan fingerprint density at radius 1 is 1.26 bits per heavy atom. The molecule has 3 aromatic rings. The highest BCUT2D eigenvalue weighted by Crippen LogP contribution is 2.30. The largest absolute Gasteiger partial charge is 0.379 e. The fraction of sp³-hybridized carbons (Fsp3) is 0.273. The van der Waals surface area contributed by atoms with Crippen molar-refractivity contribution in [1.29, 1.82) is 5.26 Å². The van der Waals surface area contributed by atoms with Gasteiger partial charge in [0.2, 0.25) is 0 Å². The van der Waals surface area contributed by atoms with Crippen molar-refractivity contribution in [3.63, 3.8) is 0 Å². The molecule has 9 heteroatoms. The molecule has 1 atom stereocenters. The second-order valence-corrected chi connectivity index (χ2v) is 7.60. The van der Waals surface area contributed by atoms with Crippen LogP contribution in [0.3, 0.4) is 0 Å². The Hall–Kier alpha value is -3.25. The SMILES string of the molecule is N#Cc1cc(NCC(c2ccccc2Cl)N2CCOCC2)nc2ccc([N+](=O)[O-])cc12. The van der Waals surface area contributed by atoms with Gasteiger partial charge in [0, 0.05) is 42.2 Å². The lowest BCUT2D eigenvalue weighted by Crippen LogP contribution is -2.41. The number of nitrogens with zero attached hydrogens (tertiary/aromatic N) is 4. The van der Waals surface area contributed by atoms with E-state index in [-0.39, 0.29) is 11.7 Å². The predicted molar refractivity (Wildman–Crippen MR) is 118 cm³/mol. The van der Waals surface area contributed by atoms with Crippen LogP contribution in [0.5, 0.6) is 0 Å². The predicted octanol–water partition coefficient (Wildman–Crippen LogP) is 4.15. The Morgan fingerprint density at radius 2 is 2.03 bits per heavy atom. The van der Waals surface area contributed by atoms with Crippen LogP contribution in [0.25, 0.3) is 10.9 Å². The zero-order valence-corrected chi connectivity index (χ0v) is 17.4. The second kappa shape index (κ2) is 9.27. The zero-order valence-electron chi connectivity index (χ0n) is 16.6. The zero-order chi connectivity index (χ0) is 21.8. The fourth-order valence-corrected chi connectivity index (χ4v) is 4.04. The summed E-state index contributed by atoms with van der Waals surface area (Å²) in [5.74, 6) is 0.531. The first kappa shape index (κ1) is 21.0. The molecule has 0 amide bonds. The van der Waals surface area contributed by atoms with E-state index >= 15 is 0 Å². The number of anilines is 1. The van der Waals surface area contributed by atoms with Crippen LogP contribution in [0.2, 0.25) is 5.02 Å². The highest BCUT2D eigenvalue weighted by molar-refractivity contribution is 6.31. The standard InChI is InChI=1S/C22H20ClN5O3/c23-19-4-2-1-3-17(19)21(27-7-9-31-10-8-27)14-25-22-11-15(13-24)18-12-16(28(29)30)5-6-20(18)26-22/h1-6,11-12,21H,7-10,14H2,(H,25,26). The van der Waals surface area contributed by atoms with Crippen molar-refractivity contribution < 1.29 is 9.66 Å². The van der Waals surface area contributed by atoms with Gasteiger partial charge in [0.25, 0.3) is 5.69 Å². The summed E-state index contributed by atoms with van der Waals surface area (Å²) in [6.07, 6.45) is 0. The van der Waals surface area contributed by atoms with E-state index in [4.69, 9.17) is 16.3 Å². The maximum Gasteiger partial charge on any atom is 0.270 e. The smallest absolute Gasteiger partial charge is 0.270 e. The number of nitriles is 1. The molecule has 1 fully saturated rings. The number of nitrogens with one attached hydrogen (secondary N) is 1. The van der Waals surface area contributed by atoms with Gasteiger partial charge in [0.15, 0.2) is 0 Å². The first-order valence-corrected chi connectivity index (χ1v) is 10.2. The van der Waals surface area contributed by atoms with E-state index in [0.29, 0.717) is 47.1 Å². The van der Waals surface area contributed by atoms with Crippen LogP contribution in [-0.2, 0) is 4.74 Å². The minimum Gasteiger partial charge on any atom is -0.379 e. The molecule has 1 aromatic heterocycles. The van der Waals surface area contributed by atoms with E-state index in [1.807, 2.05) is 24.3 Å². The molecule has 1 saturated heterocycles. The van der Waals surface area contributed by atoms with Crippen molar-refractivity contribution in [2.45, 2.75) is 6.04 Å². The summed E-state index contributed by atoms with van der Waals surface area (Å²) in [6.45, 7) is 3.42. The average molecular weight is 438 g/mol. The van der Waals surface area contributed by atoms with Crippen LogP contribution in [0.4, 0.5) is 11.5 Å². The topological polar surface area (TPSA) is 104 Å². The molecule has 2 aromatic carbocycles. The first-order chi connectivity index (χ1) is 15.1. The van der Waals surface area contributed by atoms with Crippen molar-refractivity contribution in [3.8, 4) is 6.07 Å². The quantitative estimate of drug-likeness (QED) is 0.456. The molecule has 0 spiro atoms. The van der Waals surface area contributed by atoms with Gasteiger partial charge >= 0.3 is 0 Å². The van der Waals surface area contributed by atoms with Gasteiger partial charge in [0.1, 0.15) is 5.82 Å². The third-order valence-electron chi connectivity index (χ3n) is 5.35. The number of hydrogen-bond donors (Lipinski definition) is 1. The number of halogens is 1. The minimum atomic E-state index is -0.483. The number of aromatic nitrogens is 1. The van der Waals surface area contributed by atoms with Crippen LogP contribution in [-0.4, -0.2) is 47.7 Å². The number of ether oxygens (including phenoxy) is 1. The lowest BCUT2D eigenvalue weighted by Gasteiger charge is -2.35. The highest BCUT2D eigenvalue weighted by atomic mass is 35.5. The van der Waals surface area contributed by atoms with Gasteiger partial charge in [-0.05, 0) is 23.8 Å². The van der Waals surface area contributed by atoms with E-state index in [9.17, 15) is 15.4 Å². The van der Waals surface area contributed by atoms with Gasteiger partial charge < -0.3 is 10.1 Å². The van der Waals surface area contributed by atoms with Gasteiger partial charge in [-0.3, -0.25) is 15.0 Å². The van der Waals surface area contributed by atoms with Gasteiger partial charge in [-0.15, -0.1) is 0 Å². The molecule has 1 aliphatic rings. The molecule has 1 aliphatic heterocycles. The van der Waals surface area contributed by atoms with Crippen molar-refractivity contribution in [3.05, 3.63) is 74.8 Å². The Bertz CT molecular complexity index is 1160. The maximum absolute atomic E-state index is 11.1. The summed E-state index contributed by atoms with van der Waals surface area (Å²) in [4.78, 5) is 17.5. The number of benzene rings is 2. The molecule has 0 aliphatic carbocycles. The number of rotatable bonds is 6. The molecule has 2 heterocycles. The summed E-state index contributed by atoms with van der Waals surface area (Å²) < 4.78 is 5.49. The Morgan fingerprint density at radius 3 is 2.74 bits per heavy atom. The summed E-state index contributed by atoms with van der Waals surface area (Å²) in [6, 6.07) is 15.8.